The second-order valence-corrected chi connectivity index (χ2v) is 4.44. The summed E-state index contributed by atoms with van der Waals surface area (Å²) >= 11 is 5.74. The van der Waals surface area contributed by atoms with Crippen LogP contribution in [0.4, 0.5) is 19.0 Å². The van der Waals surface area contributed by atoms with E-state index in [1.807, 2.05) is 0 Å². The van der Waals surface area contributed by atoms with E-state index < -0.39 is 17.8 Å². The van der Waals surface area contributed by atoms with Crippen LogP contribution >= 0.6 is 11.6 Å². The van der Waals surface area contributed by atoms with Gasteiger partial charge in [0.15, 0.2) is 5.69 Å². The fourth-order valence-electron chi connectivity index (χ4n) is 1.54. The van der Waals surface area contributed by atoms with Crippen LogP contribution in [0.5, 0.6) is 0 Å². The summed E-state index contributed by atoms with van der Waals surface area (Å²) in [5, 5.41) is 6.01. The van der Waals surface area contributed by atoms with Gasteiger partial charge in [-0.1, -0.05) is 17.7 Å². The molecule has 0 aliphatic carbocycles. The minimum Gasteiger partial charge on any atom is -0.307 e. The second kappa shape index (κ2) is 5.16. The van der Waals surface area contributed by atoms with Gasteiger partial charge in [0.1, 0.15) is 5.82 Å². The first-order valence-electron chi connectivity index (χ1n) is 5.45. The lowest BCUT2D eigenvalue weighted by Crippen LogP contribution is -2.14. The van der Waals surface area contributed by atoms with Crippen molar-refractivity contribution in [2.24, 2.45) is 7.05 Å². The summed E-state index contributed by atoms with van der Waals surface area (Å²) in [6.07, 6.45) is -4.56. The Balaban J connectivity index is 2.22. The smallest absolute Gasteiger partial charge is 0.307 e. The van der Waals surface area contributed by atoms with Gasteiger partial charge in [-0.3, -0.25) is 9.48 Å². The van der Waals surface area contributed by atoms with Crippen molar-refractivity contribution in [1.82, 2.24) is 9.78 Å². The summed E-state index contributed by atoms with van der Waals surface area (Å²) in [5.41, 5.74) is -0.825. The first kappa shape index (κ1) is 14.4. The predicted octanol–water partition coefficient (Wildman–Crippen LogP) is 3.34. The molecule has 0 atom stereocenters. The van der Waals surface area contributed by atoms with E-state index in [1.165, 1.54) is 19.2 Å². The number of carbonyl (C=O) groups excluding carboxylic acids is 1. The predicted molar refractivity (Wildman–Crippen MR) is 67.6 cm³/mol. The van der Waals surface area contributed by atoms with Gasteiger partial charge in [0, 0.05) is 23.7 Å². The fourth-order valence-corrected chi connectivity index (χ4v) is 1.73. The first-order valence-corrected chi connectivity index (χ1v) is 5.83. The quantitative estimate of drug-likeness (QED) is 0.925. The zero-order chi connectivity index (χ0) is 14.9. The molecule has 0 aliphatic rings. The van der Waals surface area contributed by atoms with Crippen molar-refractivity contribution in [3.05, 3.63) is 46.6 Å². The molecule has 0 unspecified atom stereocenters. The molecule has 1 heterocycles. The highest BCUT2D eigenvalue weighted by molar-refractivity contribution is 6.31. The Hall–Kier alpha value is -2.02. The maximum absolute atomic E-state index is 12.5. The van der Waals surface area contributed by atoms with Crippen molar-refractivity contribution < 1.29 is 18.0 Å². The summed E-state index contributed by atoms with van der Waals surface area (Å²) in [7, 11) is 1.31. The van der Waals surface area contributed by atoms with E-state index in [9.17, 15) is 18.0 Å². The van der Waals surface area contributed by atoms with Crippen LogP contribution < -0.4 is 5.32 Å². The Morgan fingerprint density at radius 3 is 2.60 bits per heavy atom. The molecule has 1 N–H and O–H groups in total. The Bertz CT molecular complexity index is 652. The normalized spacial score (nSPS) is 11.4. The van der Waals surface area contributed by atoms with E-state index in [-0.39, 0.29) is 11.4 Å². The maximum atomic E-state index is 12.5. The molecule has 4 nitrogen and oxygen atoms in total. The van der Waals surface area contributed by atoms with Gasteiger partial charge in [0.2, 0.25) is 0 Å². The van der Waals surface area contributed by atoms with E-state index in [2.05, 4.69) is 10.4 Å². The van der Waals surface area contributed by atoms with Gasteiger partial charge in [-0.05, 0) is 18.2 Å². The van der Waals surface area contributed by atoms with Crippen LogP contribution in [0.2, 0.25) is 5.02 Å². The SMILES string of the molecule is Cn1nc(C(F)(F)F)cc1NC(=O)c1cccc(Cl)c1. The average Bonchev–Trinajstić information content (AvgIpc) is 2.71. The molecule has 0 radical (unpaired) electrons. The highest BCUT2D eigenvalue weighted by Crippen LogP contribution is 2.29. The maximum Gasteiger partial charge on any atom is 0.435 e. The Morgan fingerprint density at radius 1 is 1.35 bits per heavy atom. The molecule has 2 aromatic rings. The lowest BCUT2D eigenvalue weighted by molar-refractivity contribution is -0.141. The van der Waals surface area contributed by atoms with Gasteiger partial charge >= 0.3 is 6.18 Å². The third-order valence-corrected chi connectivity index (χ3v) is 2.73. The molecule has 0 spiro atoms. The number of carbonyl (C=O) groups is 1. The Morgan fingerprint density at radius 2 is 2.05 bits per heavy atom. The van der Waals surface area contributed by atoms with Gasteiger partial charge < -0.3 is 5.32 Å². The van der Waals surface area contributed by atoms with Crippen LogP contribution in [0.25, 0.3) is 0 Å². The van der Waals surface area contributed by atoms with Crippen LogP contribution in [0.3, 0.4) is 0 Å². The second-order valence-electron chi connectivity index (χ2n) is 4.00. The first-order chi connectivity index (χ1) is 9.27. The molecule has 20 heavy (non-hydrogen) atoms. The average molecular weight is 304 g/mol. The van der Waals surface area contributed by atoms with Crippen LogP contribution in [0.15, 0.2) is 30.3 Å². The van der Waals surface area contributed by atoms with Gasteiger partial charge in [0.25, 0.3) is 5.91 Å². The molecule has 8 heteroatoms. The van der Waals surface area contributed by atoms with Crippen molar-refractivity contribution in [2.75, 3.05) is 5.32 Å². The molecule has 0 saturated heterocycles. The Kier molecular flexibility index (Phi) is 3.71. The van der Waals surface area contributed by atoms with E-state index in [4.69, 9.17) is 11.6 Å². The number of nitrogens with one attached hydrogen (secondary N) is 1. The van der Waals surface area contributed by atoms with Gasteiger partial charge in [-0.2, -0.15) is 18.3 Å². The van der Waals surface area contributed by atoms with Gasteiger partial charge in [-0.15, -0.1) is 0 Å². The van der Waals surface area contributed by atoms with E-state index in [0.29, 0.717) is 5.02 Å². The molecular formula is C12H9ClF3N3O. The lowest BCUT2D eigenvalue weighted by atomic mass is 10.2. The summed E-state index contributed by atoms with van der Waals surface area (Å²) in [4.78, 5) is 11.9. The highest BCUT2D eigenvalue weighted by Gasteiger charge is 2.34. The molecule has 0 aliphatic heterocycles. The van der Waals surface area contributed by atoms with E-state index in [1.54, 1.807) is 12.1 Å². The number of amides is 1. The van der Waals surface area contributed by atoms with Crippen molar-refractivity contribution >= 4 is 23.3 Å². The zero-order valence-electron chi connectivity index (χ0n) is 10.2. The molecule has 106 valence electrons. The van der Waals surface area contributed by atoms with Crippen molar-refractivity contribution in [3.63, 3.8) is 0 Å². The number of aryl methyl sites for hydroxylation is 1. The third-order valence-electron chi connectivity index (χ3n) is 2.50. The number of benzene rings is 1. The molecule has 1 aromatic carbocycles. The standard InChI is InChI=1S/C12H9ClF3N3O/c1-19-10(6-9(18-19)12(14,15)16)17-11(20)7-3-2-4-8(13)5-7/h2-6H,1H3,(H,17,20). The summed E-state index contributed by atoms with van der Waals surface area (Å²) in [6.45, 7) is 0. The van der Waals surface area contributed by atoms with E-state index >= 15 is 0 Å². The molecule has 0 saturated carbocycles. The summed E-state index contributed by atoms with van der Waals surface area (Å²) in [5.74, 6) is -0.619. The lowest BCUT2D eigenvalue weighted by Gasteiger charge is -2.05. The van der Waals surface area contributed by atoms with Crippen molar-refractivity contribution in [3.8, 4) is 0 Å². The Labute approximate surface area is 117 Å². The van der Waals surface area contributed by atoms with E-state index in [0.717, 1.165) is 10.7 Å². The topological polar surface area (TPSA) is 46.9 Å². The number of alkyl halides is 3. The molecule has 1 amide bonds. The largest absolute Gasteiger partial charge is 0.435 e. The molecule has 1 aromatic heterocycles. The third kappa shape index (κ3) is 3.11. The van der Waals surface area contributed by atoms with Crippen LogP contribution in [0.1, 0.15) is 16.1 Å². The van der Waals surface area contributed by atoms with Crippen molar-refractivity contribution in [1.29, 1.82) is 0 Å². The number of hydrogen-bond acceptors (Lipinski definition) is 2. The minimum absolute atomic E-state index is 0.0534. The fraction of sp³-hybridized carbons (Fsp3) is 0.167. The number of aromatic nitrogens is 2. The zero-order valence-corrected chi connectivity index (χ0v) is 11.0. The number of nitrogens with zero attached hydrogens (tertiary/aromatic N) is 2. The summed E-state index contributed by atoms with van der Waals surface area (Å²) < 4.78 is 38.4. The van der Waals surface area contributed by atoms with Gasteiger partial charge in [-0.25, -0.2) is 0 Å². The van der Waals surface area contributed by atoms with Crippen molar-refractivity contribution in [2.45, 2.75) is 6.18 Å². The number of rotatable bonds is 2. The molecule has 0 bridgehead atoms. The van der Waals surface area contributed by atoms with Crippen LogP contribution in [0, 0.1) is 0 Å². The summed E-state index contributed by atoms with van der Waals surface area (Å²) in [6, 6.07) is 6.84. The number of hydrogen-bond donors (Lipinski definition) is 1. The highest BCUT2D eigenvalue weighted by atomic mass is 35.5. The van der Waals surface area contributed by atoms with Crippen LogP contribution in [-0.2, 0) is 13.2 Å². The molecular weight excluding hydrogens is 295 g/mol. The number of halogens is 4. The van der Waals surface area contributed by atoms with Crippen LogP contribution in [-0.4, -0.2) is 15.7 Å². The number of anilines is 1. The monoisotopic (exact) mass is 303 g/mol. The molecule has 2 rings (SSSR count). The molecule has 0 fully saturated rings. The minimum atomic E-state index is -4.56. The van der Waals surface area contributed by atoms with Gasteiger partial charge in [0.05, 0.1) is 0 Å².